The highest BCUT2D eigenvalue weighted by atomic mass is 16.6. The van der Waals surface area contributed by atoms with Crippen LogP contribution in [0.15, 0.2) is 30.3 Å². The van der Waals surface area contributed by atoms with Gasteiger partial charge in [-0.25, -0.2) is 4.79 Å². The summed E-state index contributed by atoms with van der Waals surface area (Å²) in [6, 6.07) is 9.91. The quantitative estimate of drug-likeness (QED) is 0.923. The molecule has 0 radical (unpaired) electrons. The maximum atomic E-state index is 11.8. The molecule has 1 atom stereocenters. The van der Waals surface area contributed by atoms with Gasteiger partial charge in [0.15, 0.2) is 0 Å². The van der Waals surface area contributed by atoms with Crippen LogP contribution in [-0.4, -0.2) is 40.9 Å². The van der Waals surface area contributed by atoms with Gasteiger partial charge in [-0.3, -0.25) is 0 Å². The van der Waals surface area contributed by atoms with E-state index in [1.807, 2.05) is 51.1 Å². The number of rotatable bonds is 3. The Morgan fingerprint density at radius 3 is 2.50 bits per heavy atom. The molecule has 4 nitrogen and oxygen atoms in total. The van der Waals surface area contributed by atoms with E-state index in [4.69, 9.17) is 4.74 Å². The van der Waals surface area contributed by atoms with Gasteiger partial charge < -0.3 is 14.7 Å². The molecule has 1 aromatic rings. The summed E-state index contributed by atoms with van der Waals surface area (Å²) in [5.41, 5.74) is 0.654. The van der Waals surface area contributed by atoms with E-state index in [2.05, 4.69) is 0 Å². The lowest BCUT2D eigenvalue weighted by Crippen LogP contribution is -2.55. The summed E-state index contributed by atoms with van der Waals surface area (Å²) in [7, 11) is 0. The molecular weight excluding hydrogens is 254 g/mol. The number of hydrogen-bond acceptors (Lipinski definition) is 3. The first-order valence-corrected chi connectivity index (χ1v) is 7.05. The van der Waals surface area contributed by atoms with Gasteiger partial charge in [-0.15, -0.1) is 0 Å². The molecule has 1 amide bonds. The number of likely N-dealkylation sites (tertiary alicyclic amines) is 1. The van der Waals surface area contributed by atoms with Crippen LogP contribution in [0.3, 0.4) is 0 Å². The standard InChI is InChI=1S/C16H23NO3/c1-16(2,3)20-15(19)17-10-13(11-17)14(18)9-12-7-5-4-6-8-12/h4-8,13-14,18H,9-11H2,1-3H3. The summed E-state index contributed by atoms with van der Waals surface area (Å²) in [5, 5.41) is 10.2. The molecule has 1 aliphatic heterocycles. The van der Waals surface area contributed by atoms with E-state index in [1.165, 1.54) is 0 Å². The van der Waals surface area contributed by atoms with E-state index in [0.29, 0.717) is 19.5 Å². The third-order valence-corrected chi connectivity index (χ3v) is 3.39. The van der Waals surface area contributed by atoms with E-state index >= 15 is 0 Å². The Labute approximate surface area is 120 Å². The second kappa shape index (κ2) is 5.83. The van der Waals surface area contributed by atoms with Gasteiger partial charge in [0.1, 0.15) is 5.60 Å². The number of hydrogen-bond donors (Lipinski definition) is 1. The smallest absolute Gasteiger partial charge is 0.410 e. The molecule has 20 heavy (non-hydrogen) atoms. The Balaban J connectivity index is 1.77. The molecule has 0 aromatic heterocycles. The highest BCUT2D eigenvalue weighted by molar-refractivity contribution is 5.69. The Bertz CT molecular complexity index is 447. The minimum Gasteiger partial charge on any atom is -0.444 e. The monoisotopic (exact) mass is 277 g/mol. The van der Waals surface area contributed by atoms with Crippen LogP contribution in [0.1, 0.15) is 26.3 Å². The molecule has 0 bridgehead atoms. The molecular formula is C16H23NO3. The predicted molar refractivity (Wildman–Crippen MR) is 77.4 cm³/mol. The lowest BCUT2D eigenvalue weighted by atomic mass is 9.90. The van der Waals surface area contributed by atoms with Crippen molar-refractivity contribution >= 4 is 6.09 Å². The average molecular weight is 277 g/mol. The molecule has 1 fully saturated rings. The summed E-state index contributed by atoms with van der Waals surface area (Å²) in [4.78, 5) is 13.4. The van der Waals surface area contributed by atoms with Crippen molar-refractivity contribution in [2.75, 3.05) is 13.1 Å². The Morgan fingerprint density at radius 2 is 1.95 bits per heavy atom. The van der Waals surface area contributed by atoms with Crippen LogP contribution in [0.5, 0.6) is 0 Å². The number of amides is 1. The van der Waals surface area contributed by atoms with Gasteiger partial charge in [-0.1, -0.05) is 30.3 Å². The molecule has 4 heteroatoms. The highest BCUT2D eigenvalue weighted by Crippen LogP contribution is 2.24. The van der Waals surface area contributed by atoms with Gasteiger partial charge in [-0.05, 0) is 32.8 Å². The number of aliphatic hydroxyl groups excluding tert-OH is 1. The fourth-order valence-corrected chi connectivity index (χ4v) is 2.25. The van der Waals surface area contributed by atoms with Crippen molar-refractivity contribution in [3.63, 3.8) is 0 Å². The van der Waals surface area contributed by atoms with E-state index in [0.717, 1.165) is 5.56 Å². The highest BCUT2D eigenvalue weighted by Gasteiger charge is 2.37. The molecule has 1 aromatic carbocycles. The number of aliphatic hydroxyl groups is 1. The van der Waals surface area contributed by atoms with Crippen LogP contribution < -0.4 is 0 Å². The zero-order valence-corrected chi connectivity index (χ0v) is 12.4. The molecule has 2 rings (SSSR count). The van der Waals surface area contributed by atoms with Gasteiger partial charge in [0.25, 0.3) is 0 Å². The second-order valence-electron chi connectivity index (χ2n) is 6.40. The summed E-state index contributed by atoms with van der Waals surface area (Å²) < 4.78 is 5.29. The Kier molecular flexibility index (Phi) is 4.33. The maximum absolute atomic E-state index is 11.8. The van der Waals surface area contributed by atoms with Crippen molar-refractivity contribution in [2.45, 2.75) is 38.9 Å². The molecule has 1 heterocycles. The van der Waals surface area contributed by atoms with E-state index in [-0.39, 0.29) is 12.0 Å². The van der Waals surface area contributed by atoms with Crippen molar-refractivity contribution in [1.29, 1.82) is 0 Å². The molecule has 1 saturated heterocycles. The number of carbonyl (C=O) groups excluding carboxylic acids is 1. The first-order chi connectivity index (χ1) is 9.35. The average Bonchev–Trinajstić information content (AvgIpc) is 2.25. The first-order valence-electron chi connectivity index (χ1n) is 7.05. The van der Waals surface area contributed by atoms with Gasteiger partial charge >= 0.3 is 6.09 Å². The van der Waals surface area contributed by atoms with Crippen molar-refractivity contribution in [1.82, 2.24) is 4.90 Å². The van der Waals surface area contributed by atoms with Gasteiger partial charge in [0, 0.05) is 19.0 Å². The summed E-state index contributed by atoms with van der Waals surface area (Å²) in [6.07, 6.45) is -0.0649. The third-order valence-electron chi connectivity index (χ3n) is 3.39. The van der Waals surface area contributed by atoms with Crippen LogP contribution in [0.25, 0.3) is 0 Å². The van der Waals surface area contributed by atoms with Crippen LogP contribution in [0, 0.1) is 5.92 Å². The summed E-state index contributed by atoms with van der Waals surface area (Å²) in [6.45, 7) is 6.71. The number of benzene rings is 1. The molecule has 1 aliphatic rings. The number of carbonyl (C=O) groups is 1. The molecule has 1 N–H and O–H groups in total. The van der Waals surface area contributed by atoms with Crippen molar-refractivity contribution in [3.05, 3.63) is 35.9 Å². The second-order valence-corrected chi connectivity index (χ2v) is 6.40. The first kappa shape index (κ1) is 14.9. The number of nitrogens with zero attached hydrogens (tertiary/aromatic N) is 1. The summed E-state index contributed by atoms with van der Waals surface area (Å²) in [5.74, 6) is 0.141. The van der Waals surface area contributed by atoms with Crippen LogP contribution in [0.4, 0.5) is 4.79 Å². The Hall–Kier alpha value is -1.55. The molecule has 0 saturated carbocycles. The summed E-state index contributed by atoms with van der Waals surface area (Å²) >= 11 is 0. The Morgan fingerprint density at radius 1 is 1.35 bits per heavy atom. The van der Waals surface area contributed by atoms with Crippen LogP contribution in [-0.2, 0) is 11.2 Å². The predicted octanol–water partition coefficient (Wildman–Crippen LogP) is 2.46. The largest absolute Gasteiger partial charge is 0.444 e. The normalized spacial score (nSPS) is 17.5. The van der Waals surface area contributed by atoms with Crippen LogP contribution >= 0.6 is 0 Å². The number of ether oxygens (including phenoxy) is 1. The zero-order valence-electron chi connectivity index (χ0n) is 12.4. The molecule has 0 spiro atoms. The minimum atomic E-state index is -0.467. The molecule has 0 aliphatic carbocycles. The fraction of sp³-hybridized carbons (Fsp3) is 0.562. The van der Waals surface area contributed by atoms with Gasteiger partial charge in [0.05, 0.1) is 6.10 Å². The van der Waals surface area contributed by atoms with E-state index in [9.17, 15) is 9.90 Å². The van der Waals surface area contributed by atoms with E-state index in [1.54, 1.807) is 4.90 Å². The van der Waals surface area contributed by atoms with E-state index < -0.39 is 11.7 Å². The third kappa shape index (κ3) is 3.97. The minimum absolute atomic E-state index is 0.141. The zero-order chi connectivity index (χ0) is 14.8. The lowest BCUT2D eigenvalue weighted by Gasteiger charge is -2.42. The lowest BCUT2D eigenvalue weighted by molar-refractivity contribution is -0.0302. The van der Waals surface area contributed by atoms with Gasteiger partial charge in [0.2, 0.25) is 0 Å². The molecule has 1 unspecified atom stereocenters. The van der Waals surface area contributed by atoms with Gasteiger partial charge in [-0.2, -0.15) is 0 Å². The maximum Gasteiger partial charge on any atom is 0.410 e. The SMILES string of the molecule is CC(C)(C)OC(=O)N1CC(C(O)Cc2ccccc2)C1. The fourth-order valence-electron chi connectivity index (χ4n) is 2.25. The van der Waals surface area contributed by atoms with Crippen molar-refractivity contribution < 1.29 is 14.6 Å². The van der Waals surface area contributed by atoms with Crippen molar-refractivity contribution in [2.24, 2.45) is 5.92 Å². The van der Waals surface area contributed by atoms with Crippen molar-refractivity contribution in [3.8, 4) is 0 Å². The van der Waals surface area contributed by atoms with Crippen LogP contribution in [0.2, 0.25) is 0 Å². The topological polar surface area (TPSA) is 49.8 Å². The molecule has 110 valence electrons.